The summed E-state index contributed by atoms with van der Waals surface area (Å²) in [6, 6.07) is 0. The molecule has 0 nitrogen and oxygen atoms in total. The Morgan fingerprint density at radius 1 is 1.50 bits per heavy atom. The van der Waals surface area contributed by atoms with Crippen LogP contribution in [0.15, 0.2) is 0 Å². The zero-order valence-corrected chi connectivity index (χ0v) is 5.19. The summed E-state index contributed by atoms with van der Waals surface area (Å²) >= 11 is 16.3. The van der Waals surface area contributed by atoms with Crippen LogP contribution in [0.4, 0.5) is 0 Å². The zero-order valence-electron chi connectivity index (χ0n) is 2.92. The number of hydrogen-bond donors (Lipinski definition) is 0. The second kappa shape index (κ2) is 1.18. The fourth-order valence-corrected chi connectivity index (χ4v) is 0.890. The van der Waals surface area contributed by atoms with Gasteiger partial charge in [0.1, 0.15) is 4.33 Å². The zero-order chi connectivity index (χ0) is 4.78. The molecular weight excluding hydrogens is 142 g/mol. The molecule has 36 valence electrons. The number of hydrogen-bond acceptors (Lipinski definition) is 0. The van der Waals surface area contributed by atoms with Gasteiger partial charge in [0.25, 0.3) is 0 Å². The molecule has 3 heteroatoms. The lowest BCUT2D eigenvalue weighted by Crippen LogP contribution is -1.84. The van der Waals surface area contributed by atoms with E-state index in [-0.39, 0.29) is 5.38 Å². The summed E-state index contributed by atoms with van der Waals surface area (Å²) in [6.45, 7) is 0. The van der Waals surface area contributed by atoms with E-state index in [1.54, 1.807) is 0 Å². The molecule has 0 radical (unpaired) electrons. The van der Waals surface area contributed by atoms with Crippen molar-refractivity contribution in [3.8, 4) is 0 Å². The number of alkyl halides is 3. The highest BCUT2D eigenvalue weighted by Gasteiger charge is 2.50. The average molecular weight is 145 g/mol. The van der Waals surface area contributed by atoms with Gasteiger partial charge in [-0.3, -0.25) is 0 Å². The van der Waals surface area contributed by atoms with Crippen LogP contribution >= 0.6 is 34.8 Å². The summed E-state index contributed by atoms with van der Waals surface area (Å²) in [5.41, 5.74) is 0. The van der Waals surface area contributed by atoms with Gasteiger partial charge in [0.2, 0.25) is 0 Å². The first-order valence-corrected chi connectivity index (χ1v) is 2.84. The maximum atomic E-state index is 5.43. The number of halogens is 3. The molecule has 0 amide bonds. The van der Waals surface area contributed by atoms with Gasteiger partial charge in [-0.1, -0.05) is 23.2 Å². The van der Waals surface area contributed by atoms with E-state index in [9.17, 15) is 0 Å². The Labute approximate surface area is 51.4 Å². The SMILES string of the molecule is ClC1CC1(Cl)Cl. The molecule has 0 bridgehead atoms. The van der Waals surface area contributed by atoms with Gasteiger partial charge in [0.05, 0.1) is 5.38 Å². The highest BCUT2D eigenvalue weighted by molar-refractivity contribution is 6.56. The largest absolute Gasteiger partial charge is 0.136 e. The topological polar surface area (TPSA) is 0 Å². The Balaban J connectivity index is 2.41. The van der Waals surface area contributed by atoms with E-state index in [4.69, 9.17) is 34.8 Å². The minimum atomic E-state index is -0.582. The molecule has 0 aromatic carbocycles. The van der Waals surface area contributed by atoms with E-state index in [0.29, 0.717) is 0 Å². The molecule has 0 spiro atoms. The van der Waals surface area contributed by atoms with Crippen molar-refractivity contribution in [3.05, 3.63) is 0 Å². The van der Waals surface area contributed by atoms with Crippen LogP contribution in [0.3, 0.4) is 0 Å². The van der Waals surface area contributed by atoms with Gasteiger partial charge in [0, 0.05) is 6.42 Å². The van der Waals surface area contributed by atoms with Gasteiger partial charge in [-0.05, 0) is 0 Å². The molecule has 0 aliphatic heterocycles. The van der Waals surface area contributed by atoms with E-state index in [1.165, 1.54) is 0 Å². The van der Waals surface area contributed by atoms with Crippen molar-refractivity contribution in [2.75, 3.05) is 0 Å². The summed E-state index contributed by atoms with van der Waals surface area (Å²) in [4.78, 5) is 0. The van der Waals surface area contributed by atoms with Crippen LogP contribution in [0.25, 0.3) is 0 Å². The van der Waals surface area contributed by atoms with Crippen molar-refractivity contribution < 1.29 is 0 Å². The highest BCUT2D eigenvalue weighted by atomic mass is 35.5. The molecule has 1 rings (SSSR count). The smallest absolute Gasteiger partial charge is 0.120 e. The van der Waals surface area contributed by atoms with Crippen LogP contribution < -0.4 is 0 Å². The van der Waals surface area contributed by atoms with Gasteiger partial charge in [-0.15, -0.1) is 11.6 Å². The summed E-state index contributed by atoms with van der Waals surface area (Å²) in [5.74, 6) is 0. The van der Waals surface area contributed by atoms with Crippen molar-refractivity contribution in [3.63, 3.8) is 0 Å². The standard InChI is InChI=1S/C3H3Cl3/c4-2-1-3(2,5)6/h2H,1H2. The van der Waals surface area contributed by atoms with Gasteiger partial charge in [0.15, 0.2) is 0 Å². The Hall–Kier alpha value is 0.870. The van der Waals surface area contributed by atoms with E-state index in [0.717, 1.165) is 6.42 Å². The van der Waals surface area contributed by atoms with Crippen LogP contribution in [0, 0.1) is 0 Å². The van der Waals surface area contributed by atoms with Gasteiger partial charge < -0.3 is 0 Å². The van der Waals surface area contributed by atoms with Crippen molar-refractivity contribution in [2.24, 2.45) is 0 Å². The molecule has 1 fully saturated rings. The lowest BCUT2D eigenvalue weighted by atomic mass is 10.9. The lowest BCUT2D eigenvalue weighted by Gasteiger charge is -1.83. The van der Waals surface area contributed by atoms with E-state index >= 15 is 0 Å². The fraction of sp³-hybridized carbons (Fsp3) is 1.00. The van der Waals surface area contributed by atoms with Crippen LogP contribution in [0.1, 0.15) is 6.42 Å². The molecule has 0 aromatic heterocycles. The molecule has 0 aromatic rings. The maximum absolute atomic E-state index is 5.43. The van der Waals surface area contributed by atoms with Crippen LogP contribution in [-0.4, -0.2) is 9.71 Å². The molecule has 1 saturated carbocycles. The van der Waals surface area contributed by atoms with Crippen molar-refractivity contribution >= 4 is 34.8 Å². The predicted octanol–water partition coefficient (Wildman–Crippen LogP) is 2.17. The minimum absolute atomic E-state index is 0.000772. The molecule has 0 N–H and O–H groups in total. The Bertz CT molecular complexity index is 68.4. The first-order chi connectivity index (χ1) is 2.63. The molecule has 6 heavy (non-hydrogen) atoms. The van der Waals surface area contributed by atoms with Crippen LogP contribution in [0.5, 0.6) is 0 Å². The molecule has 1 aliphatic rings. The summed E-state index contributed by atoms with van der Waals surface area (Å²) in [6.07, 6.45) is 0.734. The van der Waals surface area contributed by atoms with Gasteiger partial charge in [-0.25, -0.2) is 0 Å². The summed E-state index contributed by atoms with van der Waals surface area (Å²) in [5, 5.41) is 0.000772. The Kier molecular flexibility index (Phi) is 0.985. The number of rotatable bonds is 0. The first kappa shape index (κ1) is 5.02. The summed E-state index contributed by atoms with van der Waals surface area (Å²) < 4.78 is -0.582. The molecular formula is C3H3Cl3. The quantitative estimate of drug-likeness (QED) is 0.458. The second-order valence-corrected chi connectivity index (χ2v) is 3.50. The molecule has 1 aliphatic carbocycles. The van der Waals surface area contributed by atoms with Crippen LogP contribution in [-0.2, 0) is 0 Å². The average Bonchev–Trinajstić information content (AvgIpc) is 1.73. The van der Waals surface area contributed by atoms with E-state index < -0.39 is 4.33 Å². The molecule has 0 saturated heterocycles. The fourth-order valence-electron chi connectivity index (χ4n) is 0.180. The maximum Gasteiger partial charge on any atom is 0.136 e. The normalized spacial score (nSPS) is 39.5. The Morgan fingerprint density at radius 2 is 1.67 bits per heavy atom. The highest BCUT2D eigenvalue weighted by Crippen LogP contribution is 2.50. The van der Waals surface area contributed by atoms with Crippen molar-refractivity contribution in [1.29, 1.82) is 0 Å². The molecule has 1 unspecified atom stereocenters. The third kappa shape index (κ3) is 0.749. The van der Waals surface area contributed by atoms with Crippen LogP contribution in [0.2, 0.25) is 0 Å². The van der Waals surface area contributed by atoms with E-state index in [2.05, 4.69) is 0 Å². The monoisotopic (exact) mass is 144 g/mol. The van der Waals surface area contributed by atoms with Gasteiger partial charge in [-0.2, -0.15) is 0 Å². The third-order valence-corrected chi connectivity index (χ3v) is 2.34. The Morgan fingerprint density at radius 3 is 1.67 bits per heavy atom. The first-order valence-electron chi connectivity index (χ1n) is 1.65. The van der Waals surface area contributed by atoms with E-state index in [1.807, 2.05) is 0 Å². The minimum Gasteiger partial charge on any atom is -0.120 e. The van der Waals surface area contributed by atoms with Crippen molar-refractivity contribution in [1.82, 2.24) is 0 Å². The summed E-state index contributed by atoms with van der Waals surface area (Å²) in [7, 11) is 0. The van der Waals surface area contributed by atoms with Gasteiger partial charge >= 0.3 is 0 Å². The lowest BCUT2D eigenvalue weighted by molar-refractivity contribution is 1.36. The van der Waals surface area contributed by atoms with Crippen molar-refractivity contribution in [2.45, 2.75) is 16.1 Å². The predicted molar refractivity (Wildman–Crippen MR) is 28.7 cm³/mol. The third-order valence-electron chi connectivity index (χ3n) is 0.750. The second-order valence-electron chi connectivity index (χ2n) is 1.43. The molecule has 0 heterocycles. The molecule has 1 atom stereocenters.